The van der Waals surface area contributed by atoms with Gasteiger partial charge in [-0.2, -0.15) is 0 Å². The Labute approximate surface area is 418 Å². The quantitative estimate of drug-likeness (QED) is 0.0911. The Hall–Kier alpha value is -3.41. The van der Waals surface area contributed by atoms with Gasteiger partial charge >= 0.3 is 5.97 Å². The number of piperidine rings is 1. The number of carbonyl (C=O) groups is 5. The molecule has 1 amide bonds. The van der Waals surface area contributed by atoms with Gasteiger partial charge in [0.05, 0.1) is 37.6 Å². The topological polar surface area (TPSA) is 194 Å². The van der Waals surface area contributed by atoms with Crippen LogP contribution in [0.5, 0.6) is 0 Å². The summed E-state index contributed by atoms with van der Waals surface area (Å²) in [6, 6.07) is -1.14. The number of fused-ring (bicyclic) bond motifs is 3. The number of hydrogen-bond donors (Lipinski definition) is 2. The maximum atomic E-state index is 14.5. The van der Waals surface area contributed by atoms with Crippen molar-refractivity contribution in [2.24, 2.45) is 35.5 Å². The summed E-state index contributed by atoms with van der Waals surface area (Å²) in [5.41, 5.74) is 1.28. The van der Waals surface area contributed by atoms with E-state index in [1.165, 1.54) is 12.0 Å². The van der Waals surface area contributed by atoms with Crippen molar-refractivity contribution in [1.82, 2.24) is 4.90 Å². The van der Waals surface area contributed by atoms with E-state index in [-0.39, 0.29) is 60.9 Å². The van der Waals surface area contributed by atoms with Crippen molar-refractivity contribution in [2.75, 3.05) is 47.7 Å². The Morgan fingerprint density at radius 3 is 2.27 bits per heavy atom. The monoisotopic (exact) mass is 986 g/mol. The first-order chi connectivity index (χ1) is 33.3. The molecule has 15 nitrogen and oxygen atoms in total. The van der Waals surface area contributed by atoms with Crippen molar-refractivity contribution >= 4 is 29.2 Å². The average molecular weight is 986 g/mol. The minimum atomic E-state index is -2.43. The maximum Gasteiger partial charge on any atom is 0.329 e. The second-order valence-electron chi connectivity index (χ2n) is 20.6. The Bertz CT molecular complexity index is 1840. The Morgan fingerprint density at radius 1 is 0.843 bits per heavy atom. The van der Waals surface area contributed by atoms with Crippen molar-refractivity contribution in [1.29, 1.82) is 0 Å². The van der Waals surface area contributed by atoms with Crippen LogP contribution in [0.2, 0.25) is 0 Å². The molecular weight excluding hydrogens is 899 g/mol. The summed E-state index contributed by atoms with van der Waals surface area (Å²) in [7, 11) is 4.64. The molecule has 15 heteroatoms. The highest BCUT2D eigenvalue weighted by Gasteiger charge is 2.53. The number of ketones is 3. The fraction of sp³-hybridized carbons (Fsp3) is 0.764. The van der Waals surface area contributed by atoms with Gasteiger partial charge in [-0.15, -0.1) is 0 Å². The van der Waals surface area contributed by atoms with Gasteiger partial charge in [0.1, 0.15) is 30.1 Å². The summed E-state index contributed by atoms with van der Waals surface area (Å²) in [4.78, 5) is 72.4. The van der Waals surface area contributed by atoms with E-state index in [0.717, 1.165) is 18.4 Å². The minimum Gasteiger partial charge on any atom is -0.460 e. The molecule has 2 saturated heterocycles. The van der Waals surface area contributed by atoms with Gasteiger partial charge in [-0.1, -0.05) is 71.1 Å². The van der Waals surface area contributed by atoms with E-state index < -0.39 is 77.8 Å². The molecule has 3 fully saturated rings. The Balaban J connectivity index is 1.68. The summed E-state index contributed by atoms with van der Waals surface area (Å²) in [6.45, 7) is 16.4. The van der Waals surface area contributed by atoms with Crippen LogP contribution >= 0.6 is 0 Å². The lowest BCUT2D eigenvalue weighted by atomic mass is 9.78. The normalized spacial score (nSPS) is 37.6. The molecule has 70 heavy (non-hydrogen) atoms. The number of hydrogen-bond acceptors (Lipinski definition) is 14. The zero-order valence-corrected chi connectivity index (χ0v) is 44.1. The molecule has 0 aromatic rings. The number of allylic oxidation sites excluding steroid dienone is 6. The number of ether oxygens (including phenoxy) is 7. The van der Waals surface area contributed by atoms with E-state index in [1.54, 1.807) is 41.1 Å². The Kier molecular flexibility index (Phi) is 24.3. The fourth-order valence-corrected chi connectivity index (χ4v) is 10.7. The molecule has 3 heterocycles. The zero-order valence-electron chi connectivity index (χ0n) is 44.1. The molecular formula is C55H87NO14. The van der Waals surface area contributed by atoms with Crippen molar-refractivity contribution in [3.05, 3.63) is 47.6 Å². The number of aliphatic hydroxyl groups is 2. The molecule has 0 aromatic heterocycles. The molecule has 396 valence electrons. The van der Waals surface area contributed by atoms with Crippen LogP contribution in [0.15, 0.2) is 47.6 Å². The number of esters is 1. The summed E-state index contributed by atoms with van der Waals surface area (Å²) in [5.74, 6) is -7.83. The van der Waals surface area contributed by atoms with Crippen LogP contribution in [-0.4, -0.2) is 147 Å². The first kappa shape index (κ1) is 59.2. The highest BCUT2D eigenvalue weighted by Crippen LogP contribution is 2.38. The van der Waals surface area contributed by atoms with Crippen LogP contribution in [-0.2, 0) is 57.1 Å². The molecule has 4 rings (SSSR count). The summed E-state index contributed by atoms with van der Waals surface area (Å²) < 4.78 is 41.5. The molecule has 0 aromatic carbocycles. The van der Waals surface area contributed by atoms with Crippen molar-refractivity contribution < 1.29 is 67.3 Å². The smallest absolute Gasteiger partial charge is 0.329 e. The van der Waals surface area contributed by atoms with E-state index in [0.29, 0.717) is 76.8 Å². The maximum absolute atomic E-state index is 14.5. The number of aliphatic hydroxyl groups excluding tert-OH is 1. The highest BCUT2D eigenvalue weighted by atomic mass is 16.6. The molecule has 15 atom stereocenters. The lowest BCUT2D eigenvalue weighted by Gasteiger charge is -2.42. The third-order valence-corrected chi connectivity index (χ3v) is 15.2. The first-order valence-corrected chi connectivity index (χ1v) is 26.0. The van der Waals surface area contributed by atoms with Crippen LogP contribution in [0, 0.1) is 35.5 Å². The number of amides is 1. The lowest BCUT2D eigenvalue weighted by Crippen LogP contribution is -2.61. The van der Waals surface area contributed by atoms with E-state index in [1.807, 2.05) is 65.0 Å². The number of nitrogens with zero attached hydrogens (tertiary/aromatic N) is 1. The van der Waals surface area contributed by atoms with Crippen LogP contribution in [0.1, 0.15) is 132 Å². The number of rotatable bonds is 11. The number of cyclic esters (lactones) is 1. The zero-order chi connectivity index (χ0) is 51.7. The standard InChI is InChI=1S/C55H87NO14/c1-12-67-26-27-68-45-24-22-41(31-48(45)65-10)30-37(5)47-33-44(57)36(4)29-39(7)50(59)51(66-11)49(58)38(6)28-34(2)18-14-13-15-19-35(3)46(64-9)32-42-23-21-40(8)55(63,70-42)52(60)53(61)56-25-17-16-20-43(56)54(62)69-47/h13-15,18-19,29,34,36-38,40-43,45-48,50-51,59,63H,12,16-17,20-28,30-33H2,1-11H3/b15-13+,18-14-,35-19+,39-29?/t34-,36-,37-,38-,40-,41+,42+,43+,45-,46?,47+,48-,50-,51+,55-/m1/s1. The van der Waals surface area contributed by atoms with E-state index in [4.69, 9.17) is 33.2 Å². The van der Waals surface area contributed by atoms with Crippen LogP contribution < -0.4 is 0 Å². The van der Waals surface area contributed by atoms with E-state index >= 15 is 0 Å². The Morgan fingerprint density at radius 2 is 1.59 bits per heavy atom. The average Bonchev–Trinajstić information content (AvgIpc) is 3.34. The van der Waals surface area contributed by atoms with Crippen molar-refractivity contribution in [3.63, 3.8) is 0 Å². The molecule has 1 saturated carbocycles. The third-order valence-electron chi connectivity index (χ3n) is 15.2. The molecule has 4 aliphatic rings. The molecule has 1 unspecified atom stereocenters. The molecule has 0 spiro atoms. The van der Waals surface area contributed by atoms with E-state index in [9.17, 15) is 34.2 Å². The summed E-state index contributed by atoms with van der Waals surface area (Å²) in [5, 5.41) is 23.5. The predicted molar refractivity (Wildman–Crippen MR) is 265 cm³/mol. The number of methoxy groups -OCH3 is 3. The van der Waals surface area contributed by atoms with Gasteiger partial charge in [0.15, 0.2) is 5.78 Å². The molecule has 0 radical (unpaired) electrons. The van der Waals surface area contributed by atoms with Gasteiger partial charge in [-0.3, -0.25) is 19.2 Å². The second kappa shape index (κ2) is 28.7. The molecule has 3 aliphatic heterocycles. The predicted octanol–water partition coefficient (Wildman–Crippen LogP) is 7.24. The molecule has 1 aliphatic carbocycles. The summed E-state index contributed by atoms with van der Waals surface area (Å²) in [6.07, 6.45) is 12.4. The van der Waals surface area contributed by atoms with Gasteiger partial charge in [0, 0.05) is 65.1 Å². The highest BCUT2D eigenvalue weighted by molar-refractivity contribution is 6.39. The SMILES string of the molecule is CCOCCO[C@@H]1CC[C@@H](C[C@@H](C)[C@@H]2CC(=O)[C@H](C)C=C(C)[C@@H](O)[C@@H](OC)C(=O)[C@H](C)C[C@H](C)\C=C/C=C/C=C(\C)C(OC)C[C@@H]3CC[C@@H](C)[C@@](O)(O3)C(=O)C(=O)N3CCCC[C@H]3C(=O)O2)C[C@H]1OC. The van der Waals surface area contributed by atoms with Crippen LogP contribution in [0.25, 0.3) is 0 Å². The largest absolute Gasteiger partial charge is 0.460 e. The molecule has 2 N–H and O–H groups in total. The van der Waals surface area contributed by atoms with Crippen molar-refractivity contribution in [2.45, 2.75) is 187 Å². The number of carbonyl (C=O) groups excluding carboxylic acids is 5. The fourth-order valence-electron chi connectivity index (χ4n) is 10.7. The first-order valence-electron chi connectivity index (χ1n) is 26.0. The van der Waals surface area contributed by atoms with Gasteiger partial charge in [-0.05, 0) is 114 Å². The van der Waals surface area contributed by atoms with Gasteiger partial charge < -0.3 is 48.3 Å². The van der Waals surface area contributed by atoms with Gasteiger partial charge in [0.2, 0.25) is 5.79 Å². The van der Waals surface area contributed by atoms with Crippen molar-refractivity contribution in [3.8, 4) is 0 Å². The van der Waals surface area contributed by atoms with Gasteiger partial charge in [0.25, 0.3) is 11.7 Å². The van der Waals surface area contributed by atoms with E-state index in [2.05, 4.69) is 0 Å². The van der Waals surface area contributed by atoms with Gasteiger partial charge in [-0.25, -0.2) is 4.79 Å². The summed E-state index contributed by atoms with van der Waals surface area (Å²) >= 11 is 0. The van der Waals surface area contributed by atoms with Crippen LogP contribution in [0.3, 0.4) is 0 Å². The second-order valence-corrected chi connectivity index (χ2v) is 20.6. The molecule has 2 bridgehead atoms. The minimum absolute atomic E-state index is 0.0195. The lowest BCUT2D eigenvalue weighted by molar-refractivity contribution is -0.265. The third kappa shape index (κ3) is 16.3. The van der Waals surface area contributed by atoms with Crippen LogP contribution in [0.4, 0.5) is 0 Å². The number of Topliss-reactive ketones (excluding diaryl/α,β-unsaturated/α-hetero) is 3.